The van der Waals surface area contributed by atoms with E-state index >= 15 is 0 Å². The van der Waals surface area contributed by atoms with Crippen LogP contribution in [0.15, 0.2) is 0 Å². The second-order valence-electron chi connectivity index (χ2n) is 15.6. The van der Waals surface area contributed by atoms with E-state index in [4.69, 9.17) is 30.0 Å². The highest BCUT2D eigenvalue weighted by atomic mass is 32.1. The second-order valence-corrected chi connectivity index (χ2v) is 21.6. The zero-order valence-electron chi connectivity index (χ0n) is 30.8. The quantitative estimate of drug-likeness (QED) is 0.217. The molecule has 2 heterocycles. The Labute approximate surface area is 296 Å². The summed E-state index contributed by atoms with van der Waals surface area (Å²) < 4.78 is 7.34. The largest absolute Gasteiger partial charge is 0.378 e. The molecule has 0 bridgehead atoms. The first kappa shape index (κ1) is 42.0. The Bertz CT molecular complexity index is 600. The maximum Gasteiger partial charge on any atom is 0.0930 e. The van der Waals surface area contributed by atoms with Crippen LogP contribution in [0.25, 0.3) is 0 Å². The number of hydrogen-bond donors (Lipinski definition) is 2. The van der Waals surface area contributed by atoms with Crippen LogP contribution in [0, 0.1) is 0 Å². The van der Waals surface area contributed by atoms with Crippen molar-refractivity contribution in [2.75, 3.05) is 12.4 Å². The van der Waals surface area contributed by atoms with Crippen LogP contribution >= 0.6 is 25.3 Å². The molecule has 268 valence electrons. The highest BCUT2D eigenvalue weighted by Gasteiger charge is 2.55. The number of rotatable bonds is 5. The van der Waals surface area contributed by atoms with Crippen molar-refractivity contribution in [3.05, 3.63) is 0 Å². The molecule has 1 nitrogen and oxygen atoms in total. The van der Waals surface area contributed by atoms with Gasteiger partial charge in [-0.3, -0.25) is 0 Å². The SMILES string of the molecule is CCOC1(C(S)CCS)CCCCCCCCCCCCCCCCC[Si]12CCCCCCCCCCCCCCCCCC2. The van der Waals surface area contributed by atoms with Gasteiger partial charge in [0.25, 0.3) is 0 Å². The van der Waals surface area contributed by atoms with E-state index in [9.17, 15) is 0 Å². The van der Waals surface area contributed by atoms with Crippen molar-refractivity contribution in [1.82, 2.24) is 0 Å². The first-order valence-corrected chi connectivity index (χ1v) is 24.9. The van der Waals surface area contributed by atoms with E-state index in [0.29, 0.717) is 5.25 Å². The highest BCUT2D eigenvalue weighted by molar-refractivity contribution is 7.81. The maximum absolute atomic E-state index is 7.34. The van der Waals surface area contributed by atoms with E-state index in [1.165, 1.54) is 224 Å². The van der Waals surface area contributed by atoms with Crippen LogP contribution in [0.5, 0.6) is 0 Å². The van der Waals surface area contributed by atoms with Crippen molar-refractivity contribution in [2.45, 2.75) is 247 Å². The minimum Gasteiger partial charge on any atom is -0.378 e. The molecule has 2 saturated heterocycles. The highest BCUT2D eigenvalue weighted by Crippen LogP contribution is 2.47. The molecule has 2 rings (SSSR count). The molecular formula is C41H82OS2Si. The molecule has 2 unspecified atom stereocenters. The molecule has 0 aromatic heterocycles. The third-order valence-corrected chi connectivity index (χ3v) is 19.7. The Morgan fingerprint density at radius 1 is 0.467 bits per heavy atom. The van der Waals surface area contributed by atoms with E-state index in [1.807, 2.05) is 0 Å². The molecule has 0 aromatic carbocycles. The number of thiol groups is 2. The summed E-state index contributed by atoms with van der Waals surface area (Å²) in [4.78, 5) is 0. The fourth-order valence-electron chi connectivity index (χ4n) is 9.28. The van der Waals surface area contributed by atoms with Crippen molar-refractivity contribution in [2.24, 2.45) is 0 Å². The van der Waals surface area contributed by atoms with Gasteiger partial charge in [-0.2, -0.15) is 25.3 Å². The molecule has 0 aliphatic carbocycles. The molecule has 45 heavy (non-hydrogen) atoms. The first-order chi connectivity index (χ1) is 22.2. The molecule has 2 aliphatic heterocycles. The van der Waals surface area contributed by atoms with Gasteiger partial charge in [-0.15, -0.1) is 0 Å². The molecule has 2 fully saturated rings. The summed E-state index contributed by atoms with van der Waals surface area (Å²) in [6.45, 7) is 3.15. The van der Waals surface area contributed by atoms with Gasteiger partial charge in [-0.05, 0) is 25.5 Å². The number of ether oxygens (including phenoxy) is 1. The van der Waals surface area contributed by atoms with E-state index in [-0.39, 0.29) is 5.22 Å². The van der Waals surface area contributed by atoms with Gasteiger partial charge in [0.05, 0.1) is 13.3 Å². The third-order valence-electron chi connectivity index (χ3n) is 12.0. The topological polar surface area (TPSA) is 9.23 Å². The summed E-state index contributed by atoms with van der Waals surface area (Å²) >= 11 is 10.4. The van der Waals surface area contributed by atoms with Crippen LogP contribution in [0.1, 0.15) is 219 Å². The molecule has 0 amide bonds. The summed E-state index contributed by atoms with van der Waals surface area (Å²) in [5.41, 5.74) is 0. The van der Waals surface area contributed by atoms with Crippen LogP contribution in [0.4, 0.5) is 0 Å². The summed E-state index contributed by atoms with van der Waals surface area (Å²) in [6, 6.07) is 4.49. The maximum atomic E-state index is 7.34. The predicted octanol–water partition coefficient (Wildman–Crippen LogP) is 14.9. The van der Waals surface area contributed by atoms with Crippen molar-refractivity contribution in [3.8, 4) is 0 Å². The molecule has 4 heteroatoms. The van der Waals surface area contributed by atoms with Gasteiger partial charge >= 0.3 is 0 Å². The molecule has 1 spiro atoms. The lowest BCUT2D eigenvalue weighted by atomic mass is 10.0. The molecular weight excluding hydrogens is 601 g/mol. The Kier molecular flexibility index (Phi) is 26.8. The monoisotopic (exact) mass is 683 g/mol. The second kappa shape index (κ2) is 28.7. The Morgan fingerprint density at radius 3 is 1.00 bits per heavy atom. The average molecular weight is 683 g/mol. The van der Waals surface area contributed by atoms with E-state index < -0.39 is 8.07 Å². The summed E-state index contributed by atoms with van der Waals surface area (Å²) in [7, 11) is -1.81. The Balaban J connectivity index is 2.33. The van der Waals surface area contributed by atoms with Gasteiger partial charge < -0.3 is 4.74 Å². The lowest BCUT2D eigenvalue weighted by Gasteiger charge is -2.53. The minimum atomic E-state index is -1.81. The van der Waals surface area contributed by atoms with Crippen molar-refractivity contribution in [1.29, 1.82) is 0 Å². The van der Waals surface area contributed by atoms with Crippen LogP contribution in [0.2, 0.25) is 18.1 Å². The molecule has 0 radical (unpaired) electrons. The zero-order valence-corrected chi connectivity index (χ0v) is 33.5. The van der Waals surface area contributed by atoms with Crippen LogP contribution in [-0.4, -0.2) is 30.9 Å². The number of hydrogen-bond acceptors (Lipinski definition) is 3. The van der Waals surface area contributed by atoms with Gasteiger partial charge in [0, 0.05) is 11.9 Å². The predicted molar refractivity (Wildman–Crippen MR) is 214 cm³/mol. The average Bonchev–Trinajstić information content (AvgIpc) is 3.04. The lowest BCUT2D eigenvalue weighted by molar-refractivity contribution is 0.00527. The van der Waals surface area contributed by atoms with Gasteiger partial charge in [-0.1, -0.05) is 217 Å². The van der Waals surface area contributed by atoms with Crippen LogP contribution in [0.3, 0.4) is 0 Å². The van der Waals surface area contributed by atoms with Crippen LogP contribution in [-0.2, 0) is 4.74 Å². The van der Waals surface area contributed by atoms with Gasteiger partial charge in [0.2, 0.25) is 0 Å². The molecule has 2 atom stereocenters. The minimum absolute atomic E-state index is 0.0231. The summed E-state index contributed by atoms with van der Waals surface area (Å²) in [6.07, 6.45) is 47.4. The van der Waals surface area contributed by atoms with Gasteiger partial charge in [0.1, 0.15) is 0 Å². The van der Waals surface area contributed by atoms with Gasteiger partial charge in [-0.25, -0.2) is 0 Å². The first-order valence-electron chi connectivity index (χ1n) is 21.1. The molecule has 0 saturated carbocycles. The van der Waals surface area contributed by atoms with Crippen molar-refractivity contribution >= 4 is 33.3 Å². The normalized spacial score (nSPS) is 27.5. The molecule has 0 aromatic rings. The fraction of sp³-hybridized carbons (Fsp3) is 1.00. The van der Waals surface area contributed by atoms with Crippen LogP contribution < -0.4 is 0 Å². The standard InChI is InChI=1S/C41H82OS2Si/c1-2-42-41(40(44)34-36-43)35-30-26-22-18-14-10-6-5-9-13-17-21-25-29-33-39-45(41)37-31-27-23-19-15-11-7-3-4-8-12-16-20-24-28-32-38-45/h40,43-44H,2-39H2,1H3. The zero-order chi connectivity index (χ0) is 32.2. The van der Waals surface area contributed by atoms with Crippen molar-refractivity contribution < 1.29 is 4.74 Å². The summed E-state index contributed by atoms with van der Waals surface area (Å²) in [5, 5.41) is 0.368. The smallest absolute Gasteiger partial charge is 0.0930 e. The van der Waals surface area contributed by atoms with E-state index in [2.05, 4.69) is 6.92 Å². The molecule has 2 aliphatic rings. The Morgan fingerprint density at radius 2 is 0.733 bits per heavy atom. The third kappa shape index (κ3) is 17.9. The summed E-state index contributed by atoms with van der Waals surface area (Å²) in [5.74, 6) is 0.938. The molecule has 0 N–H and O–H groups in total. The van der Waals surface area contributed by atoms with Crippen molar-refractivity contribution in [3.63, 3.8) is 0 Å². The Hall–Kier alpha value is 0.877. The fourth-order valence-corrected chi connectivity index (χ4v) is 17.7. The van der Waals surface area contributed by atoms with Gasteiger partial charge in [0.15, 0.2) is 0 Å². The lowest BCUT2D eigenvalue weighted by Crippen LogP contribution is -2.65. The van der Waals surface area contributed by atoms with E-state index in [0.717, 1.165) is 18.8 Å². The van der Waals surface area contributed by atoms with E-state index in [1.54, 1.807) is 0 Å².